The minimum atomic E-state index is -0.431. The highest BCUT2D eigenvalue weighted by Gasteiger charge is 2.16. The molecular weight excluding hydrogens is 415 g/mol. The van der Waals surface area contributed by atoms with E-state index in [0.29, 0.717) is 5.16 Å². The lowest BCUT2D eigenvalue weighted by Gasteiger charge is -2.22. The van der Waals surface area contributed by atoms with Gasteiger partial charge in [0.2, 0.25) is 11.1 Å². The summed E-state index contributed by atoms with van der Waals surface area (Å²) < 4.78 is 15.2. The van der Waals surface area contributed by atoms with Gasteiger partial charge in [0, 0.05) is 24.5 Å². The van der Waals surface area contributed by atoms with E-state index in [1.165, 1.54) is 42.1 Å². The fraction of sp³-hybridized carbons (Fsp3) is 0.318. The van der Waals surface area contributed by atoms with Crippen molar-refractivity contribution >= 4 is 29.0 Å². The molecule has 1 aliphatic rings. The fourth-order valence-electron chi connectivity index (χ4n) is 3.61. The molecule has 3 N–H and O–H groups in total. The lowest BCUT2D eigenvalue weighted by atomic mass is 10.2. The third-order valence-corrected chi connectivity index (χ3v) is 6.18. The first-order valence-electron chi connectivity index (χ1n) is 10.3. The molecule has 0 unspecified atom stereocenters. The molecule has 1 fully saturated rings. The molecule has 162 valence electrons. The zero-order valence-electron chi connectivity index (χ0n) is 17.1. The van der Waals surface area contributed by atoms with Crippen molar-refractivity contribution < 1.29 is 9.18 Å². The Kier molecular flexibility index (Phi) is 6.71. The Morgan fingerprint density at radius 1 is 1.03 bits per heavy atom. The molecule has 1 amide bonds. The summed E-state index contributed by atoms with van der Waals surface area (Å²) in [6, 6.07) is 14.1. The second kappa shape index (κ2) is 9.82. The number of anilines is 2. The molecule has 0 radical (unpaired) electrons. The second-order valence-corrected chi connectivity index (χ2v) is 8.38. The summed E-state index contributed by atoms with van der Waals surface area (Å²) in [6.45, 7) is 2.16. The third kappa shape index (κ3) is 5.16. The quantitative estimate of drug-likeness (QED) is 0.446. The van der Waals surface area contributed by atoms with Crippen LogP contribution in [0.1, 0.15) is 25.7 Å². The van der Waals surface area contributed by atoms with Crippen LogP contribution in [-0.2, 0) is 4.79 Å². The van der Waals surface area contributed by atoms with Gasteiger partial charge in [0.15, 0.2) is 5.82 Å². The zero-order valence-corrected chi connectivity index (χ0v) is 17.9. The fourth-order valence-corrected chi connectivity index (χ4v) is 4.27. The van der Waals surface area contributed by atoms with Gasteiger partial charge in [-0.15, -0.1) is 10.2 Å². The summed E-state index contributed by atoms with van der Waals surface area (Å²) in [4.78, 5) is 14.8. The van der Waals surface area contributed by atoms with E-state index in [4.69, 9.17) is 5.84 Å². The van der Waals surface area contributed by atoms with E-state index in [1.54, 1.807) is 18.2 Å². The number of aromatic nitrogens is 3. The van der Waals surface area contributed by atoms with Crippen molar-refractivity contribution in [3.05, 3.63) is 54.3 Å². The van der Waals surface area contributed by atoms with Gasteiger partial charge in [0.1, 0.15) is 5.82 Å². The topological polar surface area (TPSA) is 89.1 Å². The summed E-state index contributed by atoms with van der Waals surface area (Å²) in [5.74, 6) is 5.73. The van der Waals surface area contributed by atoms with Crippen molar-refractivity contribution in [1.82, 2.24) is 14.9 Å². The zero-order chi connectivity index (χ0) is 21.6. The first kappa shape index (κ1) is 21.2. The highest BCUT2D eigenvalue weighted by atomic mass is 32.2. The number of benzene rings is 2. The largest absolute Gasteiger partial charge is 0.372 e. The van der Waals surface area contributed by atoms with Crippen molar-refractivity contribution in [2.45, 2.75) is 30.8 Å². The first-order valence-corrected chi connectivity index (χ1v) is 11.3. The molecular formula is C22H25FN6OS. The van der Waals surface area contributed by atoms with Crippen LogP contribution in [0.5, 0.6) is 0 Å². The summed E-state index contributed by atoms with van der Waals surface area (Å²) in [5, 5.41) is 11.2. The smallest absolute Gasteiger partial charge is 0.234 e. The molecule has 0 aliphatic carbocycles. The maximum Gasteiger partial charge on any atom is 0.234 e. The Morgan fingerprint density at radius 2 is 1.74 bits per heavy atom. The van der Waals surface area contributed by atoms with E-state index in [9.17, 15) is 9.18 Å². The van der Waals surface area contributed by atoms with Crippen LogP contribution in [0.2, 0.25) is 0 Å². The van der Waals surface area contributed by atoms with Crippen LogP contribution in [0.4, 0.5) is 15.8 Å². The van der Waals surface area contributed by atoms with E-state index in [2.05, 4.69) is 20.4 Å². The minimum absolute atomic E-state index is 0.112. The number of thioether (sulfide) groups is 1. The summed E-state index contributed by atoms with van der Waals surface area (Å²) in [5.41, 5.74) is 2.19. The van der Waals surface area contributed by atoms with Gasteiger partial charge < -0.3 is 16.1 Å². The van der Waals surface area contributed by atoms with E-state index >= 15 is 0 Å². The molecule has 0 saturated carbocycles. The SMILES string of the molecule is Nn1c(SCC(=O)Nc2ccc(N3CCCCCC3)cc2)nnc1-c1ccccc1F. The summed E-state index contributed by atoms with van der Waals surface area (Å²) >= 11 is 1.15. The molecule has 7 nitrogen and oxygen atoms in total. The molecule has 3 aromatic rings. The number of nitrogens with one attached hydrogen (secondary N) is 1. The maximum atomic E-state index is 14.0. The molecule has 0 spiro atoms. The average molecular weight is 441 g/mol. The molecule has 4 rings (SSSR count). The second-order valence-electron chi connectivity index (χ2n) is 7.44. The number of nitrogen functional groups attached to an aromatic ring is 1. The molecule has 31 heavy (non-hydrogen) atoms. The van der Waals surface area contributed by atoms with Crippen LogP contribution >= 0.6 is 11.8 Å². The molecule has 1 saturated heterocycles. The van der Waals surface area contributed by atoms with Crippen LogP contribution < -0.4 is 16.1 Å². The Morgan fingerprint density at radius 3 is 2.45 bits per heavy atom. The number of carbonyl (C=O) groups is 1. The molecule has 0 atom stereocenters. The number of nitrogens with zero attached hydrogens (tertiary/aromatic N) is 4. The molecule has 2 aromatic carbocycles. The van der Waals surface area contributed by atoms with Gasteiger partial charge in [0.25, 0.3) is 0 Å². The van der Waals surface area contributed by atoms with E-state index in [1.807, 2.05) is 24.3 Å². The molecule has 1 aromatic heterocycles. The number of halogens is 1. The van der Waals surface area contributed by atoms with Crippen LogP contribution in [0.15, 0.2) is 53.7 Å². The standard InChI is InChI=1S/C22H25FN6OS/c23-19-8-4-3-7-18(19)21-26-27-22(29(21)24)31-15-20(30)25-16-9-11-17(12-10-16)28-13-5-1-2-6-14-28/h3-4,7-12H,1-2,5-6,13-15,24H2,(H,25,30). The van der Waals surface area contributed by atoms with Crippen LogP contribution in [0, 0.1) is 5.82 Å². The van der Waals surface area contributed by atoms with Crippen LogP contribution in [0.3, 0.4) is 0 Å². The van der Waals surface area contributed by atoms with Gasteiger partial charge in [-0.05, 0) is 49.2 Å². The number of nitrogens with two attached hydrogens (primary N) is 1. The van der Waals surface area contributed by atoms with Gasteiger partial charge in [-0.25, -0.2) is 9.07 Å². The molecule has 0 bridgehead atoms. The van der Waals surface area contributed by atoms with Crippen LogP contribution in [0.25, 0.3) is 11.4 Å². The number of rotatable bonds is 6. The van der Waals surface area contributed by atoms with Crippen LogP contribution in [-0.4, -0.2) is 39.6 Å². The number of amides is 1. The molecule has 2 heterocycles. The van der Waals surface area contributed by atoms with Gasteiger partial charge >= 0.3 is 0 Å². The lowest BCUT2D eigenvalue weighted by molar-refractivity contribution is -0.113. The third-order valence-electron chi connectivity index (χ3n) is 5.23. The van der Waals surface area contributed by atoms with Gasteiger partial charge in [-0.1, -0.05) is 36.7 Å². The van der Waals surface area contributed by atoms with Crippen molar-refractivity contribution in [2.24, 2.45) is 0 Å². The highest BCUT2D eigenvalue weighted by molar-refractivity contribution is 7.99. The van der Waals surface area contributed by atoms with Gasteiger partial charge in [-0.2, -0.15) is 0 Å². The summed E-state index contributed by atoms with van der Waals surface area (Å²) in [6.07, 6.45) is 5.03. The molecule has 9 heteroatoms. The highest BCUT2D eigenvalue weighted by Crippen LogP contribution is 2.24. The number of hydrogen-bond acceptors (Lipinski definition) is 6. The van der Waals surface area contributed by atoms with Crippen molar-refractivity contribution in [3.63, 3.8) is 0 Å². The number of hydrogen-bond donors (Lipinski definition) is 2. The molecule has 1 aliphatic heterocycles. The predicted octanol–water partition coefficient (Wildman–Crippen LogP) is 3.91. The monoisotopic (exact) mass is 440 g/mol. The normalized spacial score (nSPS) is 14.3. The van der Waals surface area contributed by atoms with E-state index in [-0.39, 0.29) is 23.0 Å². The van der Waals surface area contributed by atoms with Crippen molar-refractivity contribution in [2.75, 3.05) is 34.9 Å². The van der Waals surface area contributed by atoms with Gasteiger partial charge in [-0.3, -0.25) is 4.79 Å². The number of carbonyl (C=O) groups excluding carboxylic acids is 1. The van der Waals surface area contributed by atoms with E-state index < -0.39 is 5.82 Å². The first-order chi connectivity index (χ1) is 15.1. The van der Waals surface area contributed by atoms with Gasteiger partial charge in [0.05, 0.1) is 11.3 Å². The Labute approximate surface area is 184 Å². The maximum absolute atomic E-state index is 14.0. The lowest BCUT2D eigenvalue weighted by Crippen LogP contribution is -2.23. The minimum Gasteiger partial charge on any atom is -0.372 e. The Hall–Kier alpha value is -3.07. The average Bonchev–Trinajstić information content (AvgIpc) is 2.96. The van der Waals surface area contributed by atoms with Crippen molar-refractivity contribution in [3.8, 4) is 11.4 Å². The predicted molar refractivity (Wildman–Crippen MR) is 122 cm³/mol. The Balaban J connectivity index is 1.33. The Bertz CT molecular complexity index is 1030. The van der Waals surface area contributed by atoms with Crippen molar-refractivity contribution in [1.29, 1.82) is 0 Å². The van der Waals surface area contributed by atoms with E-state index in [0.717, 1.165) is 30.5 Å². The summed E-state index contributed by atoms with van der Waals surface area (Å²) in [7, 11) is 0.